The highest BCUT2D eigenvalue weighted by atomic mass is 19.2. The van der Waals surface area contributed by atoms with E-state index in [0.717, 1.165) is 31.2 Å². The zero-order valence-electron chi connectivity index (χ0n) is 10.1. The Bertz CT molecular complexity index is 401. The van der Waals surface area contributed by atoms with Gasteiger partial charge in [0.05, 0.1) is 0 Å². The van der Waals surface area contributed by atoms with Crippen LogP contribution in [0.15, 0.2) is 30.4 Å². The third-order valence-corrected chi connectivity index (χ3v) is 3.65. The molecule has 0 N–H and O–H groups in total. The van der Waals surface area contributed by atoms with Crippen molar-refractivity contribution in [3.8, 4) is 0 Å². The fourth-order valence-corrected chi connectivity index (χ4v) is 2.68. The second-order valence-electron chi connectivity index (χ2n) is 4.81. The van der Waals surface area contributed by atoms with Gasteiger partial charge in [0.15, 0.2) is 11.6 Å². The zero-order chi connectivity index (χ0) is 12.3. The molecule has 0 unspecified atom stereocenters. The molecule has 0 spiro atoms. The van der Waals surface area contributed by atoms with E-state index in [0.29, 0.717) is 11.8 Å². The first-order valence-corrected chi connectivity index (χ1v) is 6.28. The summed E-state index contributed by atoms with van der Waals surface area (Å²) in [5.41, 5.74) is 0.947. The molecule has 1 aliphatic carbocycles. The van der Waals surface area contributed by atoms with Crippen LogP contribution in [0.1, 0.15) is 44.1 Å². The fourth-order valence-electron chi connectivity index (χ4n) is 2.68. The van der Waals surface area contributed by atoms with Gasteiger partial charge in [-0.15, -0.1) is 0 Å². The molecule has 0 aliphatic heterocycles. The molecule has 1 aromatic carbocycles. The minimum atomic E-state index is -0.753. The summed E-state index contributed by atoms with van der Waals surface area (Å²) in [5.74, 6) is -0.414. The van der Waals surface area contributed by atoms with E-state index >= 15 is 0 Å². The summed E-state index contributed by atoms with van der Waals surface area (Å²) >= 11 is 0. The Kier molecular flexibility index (Phi) is 3.93. The highest BCUT2D eigenvalue weighted by molar-refractivity contribution is 5.22. The van der Waals surface area contributed by atoms with Crippen molar-refractivity contribution in [2.24, 2.45) is 5.92 Å². The van der Waals surface area contributed by atoms with Crippen LogP contribution in [0.25, 0.3) is 0 Å². The maximum Gasteiger partial charge on any atom is 0.159 e. The van der Waals surface area contributed by atoms with Crippen LogP contribution in [0.3, 0.4) is 0 Å². The van der Waals surface area contributed by atoms with Gasteiger partial charge in [-0.2, -0.15) is 0 Å². The van der Waals surface area contributed by atoms with E-state index in [1.54, 1.807) is 6.07 Å². The lowest BCUT2D eigenvalue weighted by Gasteiger charge is -2.27. The summed E-state index contributed by atoms with van der Waals surface area (Å²) in [6, 6.07) is 4.32. The van der Waals surface area contributed by atoms with Gasteiger partial charge in [-0.05, 0) is 62.1 Å². The average Bonchev–Trinajstić information content (AvgIpc) is 2.34. The summed E-state index contributed by atoms with van der Waals surface area (Å²) < 4.78 is 26.0. The van der Waals surface area contributed by atoms with Crippen molar-refractivity contribution < 1.29 is 8.78 Å². The van der Waals surface area contributed by atoms with E-state index in [2.05, 4.69) is 12.2 Å². The van der Waals surface area contributed by atoms with Gasteiger partial charge in [-0.3, -0.25) is 0 Å². The third kappa shape index (κ3) is 2.93. The topological polar surface area (TPSA) is 0 Å². The van der Waals surface area contributed by atoms with Gasteiger partial charge in [0.2, 0.25) is 0 Å². The SMILES string of the molecule is C/C=C/C1CCC(c2ccc(F)c(F)c2)CC1. The molecule has 0 heterocycles. The molecule has 92 valence electrons. The van der Waals surface area contributed by atoms with E-state index in [9.17, 15) is 8.78 Å². The van der Waals surface area contributed by atoms with Gasteiger partial charge < -0.3 is 0 Å². The van der Waals surface area contributed by atoms with Gasteiger partial charge in [-0.1, -0.05) is 18.2 Å². The quantitative estimate of drug-likeness (QED) is 0.646. The Hall–Kier alpha value is -1.18. The van der Waals surface area contributed by atoms with Crippen LogP contribution in [-0.2, 0) is 0 Å². The van der Waals surface area contributed by atoms with Gasteiger partial charge in [0.25, 0.3) is 0 Å². The van der Waals surface area contributed by atoms with Crippen molar-refractivity contribution in [2.75, 3.05) is 0 Å². The summed E-state index contributed by atoms with van der Waals surface area (Å²) in [7, 11) is 0. The number of allylic oxidation sites excluding steroid dienone is 2. The minimum Gasteiger partial charge on any atom is -0.204 e. The fraction of sp³-hybridized carbons (Fsp3) is 0.467. The molecule has 1 aliphatic rings. The van der Waals surface area contributed by atoms with Gasteiger partial charge in [-0.25, -0.2) is 8.78 Å². The molecule has 0 bridgehead atoms. The molecule has 0 radical (unpaired) electrons. The Labute approximate surface area is 101 Å². The standard InChI is InChI=1S/C15H18F2/c1-2-3-11-4-6-12(7-5-11)13-8-9-14(16)15(17)10-13/h2-3,8-12H,4-7H2,1H3/b3-2+. The van der Waals surface area contributed by atoms with Crippen LogP contribution in [0.4, 0.5) is 8.78 Å². The van der Waals surface area contributed by atoms with E-state index < -0.39 is 11.6 Å². The van der Waals surface area contributed by atoms with Crippen LogP contribution < -0.4 is 0 Å². The van der Waals surface area contributed by atoms with Crippen molar-refractivity contribution >= 4 is 0 Å². The zero-order valence-corrected chi connectivity index (χ0v) is 10.1. The molecule has 17 heavy (non-hydrogen) atoms. The minimum absolute atomic E-state index is 0.395. The predicted octanol–water partition coefficient (Wildman–Crippen LogP) is 4.81. The lowest BCUT2D eigenvalue weighted by Crippen LogP contribution is -2.12. The summed E-state index contributed by atoms with van der Waals surface area (Å²) in [5, 5.41) is 0. The van der Waals surface area contributed by atoms with Crippen molar-refractivity contribution in [1.29, 1.82) is 0 Å². The number of hydrogen-bond donors (Lipinski definition) is 0. The number of hydrogen-bond acceptors (Lipinski definition) is 0. The molecular formula is C15H18F2. The average molecular weight is 236 g/mol. The molecule has 1 aromatic rings. The van der Waals surface area contributed by atoms with E-state index in [1.165, 1.54) is 12.1 Å². The van der Waals surface area contributed by atoms with Crippen molar-refractivity contribution in [3.63, 3.8) is 0 Å². The first-order valence-electron chi connectivity index (χ1n) is 6.28. The number of halogens is 2. The van der Waals surface area contributed by atoms with Gasteiger partial charge in [0.1, 0.15) is 0 Å². The molecule has 0 amide bonds. The van der Waals surface area contributed by atoms with Crippen LogP contribution >= 0.6 is 0 Å². The molecule has 2 heteroatoms. The summed E-state index contributed by atoms with van der Waals surface area (Å²) in [6.45, 7) is 2.04. The molecule has 0 nitrogen and oxygen atoms in total. The second-order valence-corrected chi connectivity index (χ2v) is 4.81. The highest BCUT2D eigenvalue weighted by Crippen LogP contribution is 2.36. The lowest BCUT2D eigenvalue weighted by molar-refractivity contribution is 0.374. The summed E-state index contributed by atoms with van der Waals surface area (Å²) in [6.07, 6.45) is 8.78. The van der Waals surface area contributed by atoms with E-state index in [-0.39, 0.29) is 0 Å². The van der Waals surface area contributed by atoms with Gasteiger partial charge >= 0.3 is 0 Å². The van der Waals surface area contributed by atoms with Crippen LogP contribution in [0.5, 0.6) is 0 Å². The van der Waals surface area contributed by atoms with E-state index in [1.807, 2.05) is 6.92 Å². The number of benzene rings is 1. The lowest BCUT2D eigenvalue weighted by atomic mass is 9.78. The Morgan fingerprint density at radius 3 is 2.35 bits per heavy atom. The Morgan fingerprint density at radius 1 is 1.06 bits per heavy atom. The third-order valence-electron chi connectivity index (χ3n) is 3.65. The second kappa shape index (κ2) is 5.44. The molecule has 2 rings (SSSR count). The van der Waals surface area contributed by atoms with Crippen molar-refractivity contribution in [3.05, 3.63) is 47.5 Å². The molecule has 1 fully saturated rings. The van der Waals surface area contributed by atoms with Crippen molar-refractivity contribution in [2.45, 2.75) is 38.5 Å². The van der Waals surface area contributed by atoms with Crippen LogP contribution in [-0.4, -0.2) is 0 Å². The molecule has 1 saturated carbocycles. The van der Waals surface area contributed by atoms with Crippen LogP contribution in [0.2, 0.25) is 0 Å². The normalized spacial score (nSPS) is 25.4. The maximum atomic E-state index is 13.1. The molecular weight excluding hydrogens is 218 g/mol. The summed E-state index contributed by atoms with van der Waals surface area (Å²) in [4.78, 5) is 0. The highest BCUT2D eigenvalue weighted by Gasteiger charge is 2.21. The monoisotopic (exact) mass is 236 g/mol. The molecule has 0 aromatic heterocycles. The Morgan fingerprint density at radius 2 is 1.76 bits per heavy atom. The number of rotatable bonds is 2. The van der Waals surface area contributed by atoms with Crippen LogP contribution in [0, 0.1) is 17.6 Å². The Balaban J connectivity index is 2.02. The first-order chi connectivity index (χ1) is 8.20. The van der Waals surface area contributed by atoms with Crippen molar-refractivity contribution in [1.82, 2.24) is 0 Å². The van der Waals surface area contributed by atoms with Gasteiger partial charge in [0, 0.05) is 0 Å². The predicted molar refractivity (Wildman–Crippen MR) is 65.9 cm³/mol. The first kappa shape index (κ1) is 12.3. The maximum absolute atomic E-state index is 13.1. The van der Waals surface area contributed by atoms with E-state index in [4.69, 9.17) is 0 Å². The largest absolute Gasteiger partial charge is 0.204 e. The molecule has 0 atom stereocenters. The molecule has 0 saturated heterocycles. The smallest absolute Gasteiger partial charge is 0.159 e.